The molecule has 0 saturated heterocycles. The van der Waals surface area contributed by atoms with E-state index in [1.165, 1.54) is 12.4 Å². The van der Waals surface area contributed by atoms with Gasteiger partial charge in [-0.15, -0.1) is 10.2 Å². The van der Waals surface area contributed by atoms with E-state index in [1.807, 2.05) is 30.3 Å². The van der Waals surface area contributed by atoms with Gasteiger partial charge in [0.25, 0.3) is 0 Å². The third-order valence-corrected chi connectivity index (χ3v) is 5.86. The molecule has 1 saturated carbocycles. The molecule has 1 unspecified atom stereocenters. The first kappa shape index (κ1) is 21.4. The van der Waals surface area contributed by atoms with Crippen LogP contribution in [0.15, 0.2) is 60.0 Å². The van der Waals surface area contributed by atoms with Gasteiger partial charge in [0.05, 0.1) is 11.8 Å². The molecule has 1 aliphatic rings. The number of thioether (sulfide) groups is 1. The number of nitrogens with zero attached hydrogens (tertiary/aromatic N) is 4. The van der Waals surface area contributed by atoms with Crippen molar-refractivity contribution in [1.82, 2.24) is 25.1 Å². The van der Waals surface area contributed by atoms with Crippen LogP contribution in [0.4, 0.5) is 13.2 Å². The Kier molecular flexibility index (Phi) is 6.26. The zero-order chi connectivity index (χ0) is 21.8. The normalized spacial score (nSPS) is 14.9. The van der Waals surface area contributed by atoms with Crippen LogP contribution < -0.4 is 5.32 Å². The first-order valence-electron chi connectivity index (χ1n) is 9.78. The van der Waals surface area contributed by atoms with Crippen LogP contribution in [0, 0.1) is 5.92 Å². The molecule has 162 valence electrons. The van der Waals surface area contributed by atoms with E-state index in [-0.39, 0.29) is 28.7 Å². The highest BCUT2D eigenvalue weighted by molar-refractivity contribution is 7.99. The van der Waals surface area contributed by atoms with E-state index in [4.69, 9.17) is 0 Å². The van der Waals surface area contributed by atoms with Gasteiger partial charge in [-0.3, -0.25) is 14.3 Å². The molecule has 2 heterocycles. The average Bonchev–Trinajstić information content (AvgIpc) is 3.52. The zero-order valence-electron chi connectivity index (χ0n) is 16.4. The minimum atomic E-state index is -4.45. The van der Waals surface area contributed by atoms with Gasteiger partial charge < -0.3 is 5.32 Å². The number of benzene rings is 1. The summed E-state index contributed by atoms with van der Waals surface area (Å²) >= 11 is 0.942. The second-order valence-electron chi connectivity index (χ2n) is 7.33. The van der Waals surface area contributed by atoms with Crippen molar-refractivity contribution >= 4 is 17.7 Å². The molecule has 1 aliphatic carbocycles. The third-order valence-electron chi connectivity index (χ3n) is 4.89. The molecule has 1 atom stereocenters. The summed E-state index contributed by atoms with van der Waals surface area (Å²) in [6.07, 6.45) is 0.587. The number of alkyl halides is 3. The largest absolute Gasteiger partial charge is 0.406 e. The molecule has 1 N–H and O–H groups in total. The summed E-state index contributed by atoms with van der Waals surface area (Å²) in [6.45, 7) is -1.24. The van der Waals surface area contributed by atoms with E-state index in [0.29, 0.717) is 11.5 Å². The number of carbonyl (C=O) groups is 1. The Labute approximate surface area is 181 Å². The van der Waals surface area contributed by atoms with E-state index in [9.17, 15) is 18.0 Å². The van der Waals surface area contributed by atoms with Gasteiger partial charge in [-0.05, 0) is 36.5 Å². The first-order chi connectivity index (χ1) is 14.9. The number of pyridine rings is 1. The molecule has 2 aromatic heterocycles. The second kappa shape index (κ2) is 9.09. The summed E-state index contributed by atoms with van der Waals surface area (Å²) in [5.74, 6) is 0.173. The molecule has 0 radical (unpaired) electrons. The molecule has 0 aliphatic heterocycles. The number of nitrogens with one attached hydrogen (secondary N) is 1. The van der Waals surface area contributed by atoms with Crippen LogP contribution >= 0.6 is 11.8 Å². The number of aromatic nitrogens is 4. The van der Waals surface area contributed by atoms with Crippen LogP contribution in [0.25, 0.3) is 11.4 Å². The highest BCUT2D eigenvalue weighted by Gasteiger charge is 2.34. The maximum Gasteiger partial charge on any atom is 0.406 e. The number of carbonyl (C=O) groups excluding carboxylic acids is 1. The van der Waals surface area contributed by atoms with Crippen molar-refractivity contribution in [3.63, 3.8) is 0 Å². The Morgan fingerprint density at radius 3 is 2.48 bits per heavy atom. The number of rotatable bonds is 8. The Balaban J connectivity index is 1.47. The number of hydrogen-bond acceptors (Lipinski definition) is 5. The summed E-state index contributed by atoms with van der Waals surface area (Å²) < 4.78 is 40.5. The van der Waals surface area contributed by atoms with Crippen LogP contribution in [0.3, 0.4) is 0 Å². The fourth-order valence-corrected chi connectivity index (χ4v) is 4.09. The molecule has 3 aromatic rings. The molecule has 0 bridgehead atoms. The Hall–Kier alpha value is -2.88. The summed E-state index contributed by atoms with van der Waals surface area (Å²) in [5.41, 5.74) is 1.50. The van der Waals surface area contributed by atoms with Crippen molar-refractivity contribution in [2.24, 2.45) is 5.92 Å². The summed E-state index contributed by atoms with van der Waals surface area (Å²) in [4.78, 5) is 16.5. The number of halogens is 3. The smallest absolute Gasteiger partial charge is 0.348 e. The van der Waals surface area contributed by atoms with Gasteiger partial charge in [0, 0.05) is 18.0 Å². The second-order valence-corrected chi connectivity index (χ2v) is 8.27. The molecular weight excluding hydrogens is 427 g/mol. The van der Waals surface area contributed by atoms with E-state index in [0.717, 1.165) is 34.7 Å². The zero-order valence-corrected chi connectivity index (χ0v) is 17.2. The van der Waals surface area contributed by atoms with E-state index in [2.05, 4.69) is 20.5 Å². The monoisotopic (exact) mass is 447 g/mol. The van der Waals surface area contributed by atoms with Crippen LogP contribution in [0.2, 0.25) is 0 Å². The highest BCUT2D eigenvalue weighted by Crippen LogP contribution is 2.41. The van der Waals surface area contributed by atoms with Crippen molar-refractivity contribution in [3.05, 3.63) is 60.4 Å². The van der Waals surface area contributed by atoms with Crippen molar-refractivity contribution in [2.45, 2.75) is 36.8 Å². The van der Waals surface area contributed by atoms with Crippen molar-refractivity contribution in [3.8, 4) is 11.4 Å². The minimum Gasteiger partial charge on any atom is -0.348 e. The quantitative estimate of drug-likeness (QED) is 0.523. The van der Waals surface area contributed by atoms with Crippen molar-refractivity contribution in [2.75, 3.05) is 5.75 Å². The Morgan fingerprint density at radius 1 is 1.13 bits per heavy atom. The third kappa shape index (κ3) is 5.63. The molecule has 10 heteroatoms. The average molecular weight is 447 g/mol. The molecule has 0 spiro atoms. The van der Waals surface area contributed by atoms with E-state index >= 15 is 0 Å². The van der Waals surface area contributed by atoms with Crippen molar-refractivity contribution < 1.29 is 18.0 Å². The summed E-state index contributed by atoms with van der Waals surface area (Å²) in [5, 5.41) is 10.9. The van der Waals surface area contributed by atoms with Gasteiger partial charge in [-0.25, -0.2) is 0 Å². The topological polar surface area (TPSA) is 72.7 Å². The minimum absolute atomic E-state index is 0.0435. The van der Waals surface area contributed by atoms with Crippen LogP contribution in [0.5, 0.6) is 0 Å². The fraction of sp³-hybridized carbons (Fsp3) is 0.333. The van der Waals surface area contributed by atoms with Crippen molar-refractivity contribution in [1.29, 1.82) is 0 Å². The van der Waals surface area contributed by atoms with Gasteiger partial charge in [0.2, 0.25) is 5.91 Å². The first-order valence-corrected chi connectivity index (χ1v) is 10.8. The molecule has 1 fully saturated rings. The summed E-state index contributed by atoms with van der Waals surface area (Å²) in [7, 11) is 0. The fourth-order valence-electron chi connectivity index (χ4n) is 3.34. The van der Waals surface area contributed by atoms with Gasteiger partial charge in [0.1, 0.15) is 6.54 Å². The standard InChI is InChI=1S/C21H20F3N5OS/c22-21(23,24)13-29-19(16-8-10-25-11-9-16)27-28-20(29)31-12-17(30)26-18(15-6-7-15)14-4-2-1-3-5-14/h1-5,8-11,15,18H,6-7,12-13H2,(H,26,30). The molecule has 6 nitrogen and oxygen atoms in total. The number of hydrogen-bond donors (Lipinski definition) is 1. The molecule has 4 rings (SSSR count). The lowest BCUT2D eigenvalue weighted by atomic mass is 10.0. The van der Waals surface area contributed by atoms with E-state index in [1.54, 1.807) is 12.1 Å². The van der Waals surface area contributed by atoms with Gasteiger partial charge in [-0.1, -0.05) is 42.1 Å². The van der Waals surface area contributed by atoms with Crippen LogP contribution in [-0.2, 0) is 11.3 Å². The van der Waals surface area contributed by atoms with Gasteiger partial charge >= 0.3 is 6.18 Å². The van der Waals surface area contributed by atoms with Gasteiger partial charge in [-0.2, -0.15) is 13.2 Å². The van der Waals surface area contributed by atoms with Crippen LogP contribution in [0.1, 0.15) is 24.4 Å². The number of amides is 1. The maximum absolute atomic E-state index is 13.2. The molecular formula is C21H20F3N5OS. The predicted octanol–water partition coefficient (Wildman–Crippen LogP) is 4.26. The summed E-state index contributed by atoms with van der Waals surface area (Å²) in [6, 6.07) is 12.7. The molecule has 1 aromatic carbocycles. The maximum atomic E-state index is 13.2. The SMILES string of the molecule is O=C(CSc1nnc(-c2ccncc2)n1CC(F)(F)F)NC(c1ccccc1)C1CC1. The lowest BCUT2D eigenvalue weighted by Crippen LogP contribution is -2.31. The Bertz CT molecular complexity index is 1020. The lowest BCUT2D eigenvalue weighted by Gasteiger charge is -2.19. The lowest BCUT2D eigenvalue weighted by molar-refractivity contribution is -0.141. The predicted molar refractivity (Wildman–Crippen MR) is 110 cm³/mol. The van der Waals surface area contributed by atoms with Crippen LogP contribution in [-0.4, -0.2) is 37.6 Å². The highest BCUT2D eigenvalue weighted by atomic mass is 32.2. The van der Waals surface area contributed by atoms with Gasteiger partial charge in [0.15, 0.2) is 11.0 Å². The Morgan fingerprint density at radius 2 is 1.84 bits per heavy atom. The molecule has 1 amide bonds. The molecule has 31 heavy (non-hydrogen) atoms. The van der Waals surface area contributed by atoms with E-state index < -0.39 is 12.7 Å².